The second kappa shape index (κ2) is 9.91. The van der Waals surface area contributed by atoms with E-state index in [0.29, 0.717) is 15.9 Å². The molecule has 0 bridgehead atoms. The normalized spacial score (nSPS) is 10.9. The third-order valence-electron chi connectivity index (χ3n) is 4.03. The van der Waals surface area contributed by atoms with Crippen LogP contribution in [0.25, 0.3) is 12.3 Å². The Hall–Kier alpha value is -2.95. The Balaban J connectivity index is 1.71. The first-order valence-corrected chi connectivity index (χ1v) is 9.88. The van der Waals surface area contributed by atoms with Crippen LogP contribution in [0, 0.1) is 11.6 Å². The van der Waals surface area contributed by atoms with Gasteiger partial charge in [0, 0.05) is 10.7 Å². The van der Waals surface area contributed by atoms with Crippen molar-refractivity contribution in [1.29, 1.82) is 0 Å². The van der Waals surface area contributed by atoms with E-state index in [2.05, 4.69) is 32.9 Å². The van der Waals surface area contributed by atoms with Gasteiger partial charge < -0.3 is 15.0 Å². The van der Waals surface area contributed by atoms with Crippen LogP contribution in [0.5, 0.6) is 0 Å². The number of rotatable bonds is 7. The lowest BCUT2D eigenvalue weighted by atomic mass is 9.80. The average Bonchev–Trinajstić information content (AvgIpc) is 3.15. The molecule has 11 heteroatoms. The summed E-state index contributed by atoms with van der Waals surface area (Å²) >= 11 is 8.80. The van der Waals surface area contributed by atoms with Gasteiger partial charge in [0.25, 0.3) is 5.91 Å². The van der Waals surface area contributed by atoms with Crippen LogP contribution in [0.4, 0.5) is 14.5 Å². The number of anilines is 1. The van der Waals surface area contributed by atoms with Crippen molar-refractivity contribution in [2.45, 2.75) is 0 Å². The number of aromatic nitrogens is 2. The molecule has 0 atom stereocenters. The lowest BCUT2D eigenvalue weighted by Gasteiger charge is -2.06. The van der Waals surface area contributed by atoms with E-state index >= 15 is 0 Å². The van der Waals surface area contributed by atoms with E-state index in [1.165, 1.54) is 53.5 Å². The van der Waals surface area contributed by atoms with Crippen LogP contribution in [0.2, 0.25) is 5.02 Å². The number of nitrogens with zero attached hydrogens (tertiary/aromatic N) is 2. The van der Waals surface area contributed by atoms with Gasteiger partial charge in [-0.15, -0.1) is 0 Å². The van der Waals surface area contributed by atoms with Gasteiger partial charge in [-0.1, -0.05) is 24.2 Å². The van der Waals surface area contributed by atoms with Gasteiger partial charge in [-0.25, -0.2) is 13.5 Å². The Morgan fingerprint density at radius 1 is 1.32 bits per heavy atom. The van der Waals surface area contributed by atoms with E-state index in [1.807, 2.05) is 0 Å². The maximum Gasteiger partial charge on any atom is 0.559 e. The molecule has 2 aromatic carbocycles. The maximum atomic E-state index is 13.5. The summed E-state index contributed by atoms with van der Waals surface area (Å²) in [5.74, 6) is -1.62. The van der Waals surface area contributed by atoms with E-state index < -0.39 is 24.7 Å². The Morgan fingerprint density at radius 2 is 2.10 bits per heavy atom. The summed E-state index contributed by atoms with van der Waals surface area (Å²) in [4.78, 5) is 12.6. The largest absolute Gasteiger partial charge is 0.559 e. The number of carbonyl (C=O) groups excluding carboxylic acids is 1. The summed E-state index contributed by atoms with van der Waals surface area (Å²) in [6.07, 6.45) is 5.28. The molecular formula is C20H14BBrClF2N3O3. The quantitative estimate of drug-likeness (QED) is 0.369. The van der Waals surface area contributed by atoms with Crippen molar-refractivity contribution in [3.63, 3.8) is 0 Å². The summed E-state index contributed by atoms with van der Waals surface area (Å²) in [5, 5.41) is 16.7. The Morgan fingerprint density at radius 3 is 2.77 bits per heavy atom. The smallest absolute Gasteiger partial charge is 0.537 e. The van der Waals surface area contributed by atoms with E-state index in [9.17, 15) is 18.6 Å². The van der Waals surface area contributed by atoms with Gasteiger partial charge in [0.2, 0.25) is 0 Å². The molecule has 0 spiro atoms. The molecule has 0 aliphatic rings. The summed E-state index contributed by atoms with van der Waals surface area (Å²) in [6, 6.07) is 7.65. The molecule has 3 rings (SSSR count). The van der Waals surface area contributed by atoms with Crippen LogP contribution in [0.1, 0.15) is 16.1 Å². The maximum absolute atomic E-state index is 13.5. The molecule has 2 N–H and O–H groups in total. The number of hydrogen-bond donors (Lipinski definition) is 2. The lowest BCUT2D eigenvalue weighted by Crippen LogP contribution is -2.32. The van der Waals surface area contributed by atoms with Gasteiger partial charge in [0.1, 0.15) is 11.6 Å². The summed E-state index contributed by atoms with van der Waals surface area (Å²) in [6.45, 7) is 3.63. The first-order valence-electron chi connectivity index (χ1n) is 8.71. The Kier molecular flexibility index (Phi) is 7.27. The molecule has 1 aromatic heterocycles. The van der Waals surface area contributed by atoms with E-state index in [-0.39, 0.29) is 16.0 Å². The molecule has 0 fully saturated rings. The summed E-state index contributed by atoms with van der Waals surface area (Å²) < 4.78 is 33.5. The van der Waals surface area contributed by atoms with Crippen LogP contribution in [-0.2, 0) is 4.65 Å². The molecule has 0 unspecified atom stereocenters. The fourth-order valence-electron chi connectivity index (χ4n) is 2.50. The molecular weight excluding hydrogens is 494 g/mol. The van der Waals surface area contributed by atoms with Gasteiger partial charge in [-0.05, 0) is 57.8 Å². The third kappa shape index (κ3) is 5.60. The number of halogens is 4. The summed E-state index contributed by atoms with van der Waals surface area (Å²) in [5.41, 5.74) is 1.05. The van der Waals surface area contributed by atoms with Crippen LogP contribution >= 0.6 is 27.5 Å². The molecule has 1 amide bonds. The molecule has 0 saturated heterocycles. The second-order valence-corrected chi connectivity index (χ2v) is 7.40. The number of carbonyl (C=O) groups is 1. The number of amides is 1. The Bertz CT molecular complexity index is 1170. The van der Waals surface area contributed by atoms with Crippen molar-refractivity contribution in [2.24, 2.45) is 0 Å². The zero-order chi connectivity index (χ0) is 22.5. The fraction of sp³-hybridized carbons (Fsp3) is 0. The van der Waals surface area contributed by atoms with Crippen molar-refractivity contribution in [3.05, 3.63) is 87.8 Å². The third-order valence-corrected chi connectivity index (χ3v) is 4.99. The molecule has 0 aliphatic carbocycles. The number of nitrogens with one attached hydrogen (secondary N) is 1. The van der Waals surface area contributed by atoms with Crippen molar-refractivity contribution in [3.8, 4) is 0 Å². The highest BCUT2D eigenvalue weighted by Gasteiger charge is 2.19. The summed E-state index contributed by atoms with van der Waals surface area (Å²) in [7, 11) is -1.43. The van der Waals surface area contributed by atoms with Crippen molar-refractivity contribution in [1.82, 2.24) is 9.78 Å². The molecule has 6 nitrogen and oxygen atoms in total. The molecule has 31 heavy (non-hydrogen) atoms. The van der Waals surface area contributed by atoms with E-state index in [4.69, 9.17) is 16.3 Å². The van der Waals surface area contributed by atoms with Gasteiger partial charge in [0.15, 0.2) is 0 Å². The van der Waals surface area contributed by atoms with Gasteiger partial charge in [-0.3, -0.25) is 4.79 Å². The average molecular weight is 509 g/mol. The van der Waals surface area contributed by atoms with Crippen LogP contribution in [-0.4, -0.2) is 27.8 Å². The zero-order valence-electron chi connectivity index (χ0n) is 15.7. The highest BCUT2D eigenvalue weighted by molar-refractivity contribution is 9.10. The molecule has 0 radical (unpaired) electrons. The van der Waals surface area contributed by atoms with Gasteiger partial charge in [-0.2, -0.15) is 5.10 Å². The Labute approximate surface area is 190 Å². The highest BCUT2D eigenvalue weighted by atomic mass is 79.9. The first kappa shape index (κ1) is 22.7. The van der Waals surface area contributed by atoms with Crippen molar-refractivity contribution < 1.29 is 23.3 Å². The van der Waals surface area contributed by atoms with Crippen molar-refractivity contribution in [2.75, 3.05) is 5.32 Å². The molecule has 1 heterocycles. The van der Waals surface area contributed by atoms with Crippen LogP contribution in [0.3, 0.4) is 0 Å². The minimum atomic E-state index is -1.43. The van der Waals surface area contributed by atoms with Crippen molar-refractivity contribution >= 4 is 64.0 Å². The predicted octanol–water partition coefficient (Wildman–Crippen LogP) is 4.31. The van der Waals surface area contributed by atoms with Crippen LogP contribution in [0.15, 0.2) is 59.9 Å². The molecule has 158 valence electrons. The predicted molar refractivity (Wildman–Crippen MR) is 120 cm³/mol. The van der Waals surface area contributed by atoms with E-state index in [1.54, 1.807) is 0 Å². The standard InChI is InChI=1S/C20H14BBrClF2N3O3/c1-2-18-14(20(29)26-19-6-4-13(24)10-15(19)22)11-28(27-18)7-8-31-21(30)12-3-5-16(23)17(25)9-12/h2-11,30H,1H2,(H,26,29)/b8-7+. The lowest BCUT2D eigenvalue weighted by molar-refractivity contribution is 0.102. The second-order valence-electron chi connectivity index (χ2n) is 6.14. The van der Waals surface area contributed by atoms with E-state index in [0.717, 1.165) is 12.3 Å². The minimum absolute atomic E-state index is 0.0709. The molecule has 0 aliphatic heterocycles. The van der Waals surface area contributed by atoms with Gasteiger partial charge >= 0.3 is 7.12 Å². The molecule has 0 saturated carbocycles. The fourth-order valence-corrected chi connectivity index (χ4v) is 3.07. The van der Waals surface area contributed by atoms with Gasteiger partial charge in [0.05, 0.1) is 34.4 Å². The first-order chi connectivity index (χ1) is 14.8. The highest BCUT2D eigenvalue weighted by Crippen LogP contribution is 2.24. The number of benzene rings is 2. The monoisotopic (exact) mass is 507 g/mol. The minimum Gasteiger partial charge on any atom is -0.537 e. The zero-order valence-corrected chi connectivity index (χ0v) is 18.1. The topological polar surface area (TPSA) is 76.4 Å². The van der Waals surface area contributed by atoms with Crippen LogP contribution < -0.4 is 10.8 Å². The molecule has 3 aromatic rings. The SMILES string of the molecule is C=Cc1nn(/C=C/OB(O)c2ccc(Cl)c(F)c2)cc1C(=O)Nc1ccc(F)cc1Br. The number of hydrogen-bond acceptors (Lipinski definition) is 4.